The molecule has 0 aliphatic rings. The van der Waals surface area contributed by atoms with Crippen LogP contribution < -0.4 is 0 Å². The summed E-state index contributed by atoms with van der Waals surface area (Å²) in [7, 11) is 2.15. The van der Waals surface area contributed by atoms with Gasteiger partial charge in [0.05, 0.1) is 0 Å². The Balaban J connectivity index is 3.04. The topological polar surface area (TPSA) is 4.93 Å². The van der Waals surface area contributed by atoms with Crippen molar-refractivity contribution in [2.45, 2.75) is 30.6 Å². The highest BCUT2D eigenvalue weighted by molar-refractivity contribution is 14.1. The van der Waals surface area contributed by atoms with Crippen LogP contribution in [0.25, 0.3) is 0 Å². The third kappa shape index (κ3) is 1.84. The maximum absolute atomic E-state index is 2.45. The quantitative estimate of drug-likeness (QED) is 0.574. The summed E-state index contributed by atoms with van der Waals surface area (Å²) in [4.78, 5) is 0. The van der Waals surface area contributed by atoms with Crippen molar-refractivity contribution in [3.8, 4) is 0 Å². The van der Waals surface area contributed by atoms with Gasteiger partial charge in [0.25, 0.3) is 0 Å². The molecule has 12 heavy (non-hydrogen) atoms. The molecule has 1 atom stereocenters. The van der Waals surface area contributed by atoms with Crippen LogP contribution >= 0.6 is 22.6 Å². The van der Waals surface area contributed by atoms with Crippen molar-refractivity contribution in [1.82, 2.24) is 4.57 Å². The van der Waals surface area contributed by atoms with Crippen molar-refractivity contribution < 1.29 is 0 Å². The van der Waals surface area contributed by atoms with E-state index in [2.05, 4.69) is 67.1 Å². The average molecular weight is 277 g/mol. The summed E-state index contributed by atoms with van der Waals surface area (Å²) in [6, 6.07) is 4.46. The number of hydrogen-bond acceptors (Lipinski definition) is 0. The largest absolute Gasteiger partial charge is 0.350 e. The van der Waals surface area contributed by atoms with Crippen molar-refractivity contribution in [2.24, 2.45) is 7.05 Å². The van der Waals surface area contributed by atoms with Gasteiger partial charge < -0.3 is 4.57 Å². The van der Waals surface area contributed by atoms with Crippen LogP contribution in [0.4, 0.5) is 0 Å². The second kappa shape index (κ2) is 3.81. The monoisotopic (exact) mass is 277 g/mol. The predicted octanol–water partition coefficient (Wildman–Crippen LogP) is 3.64. The summed E-state index contributed by atoms with van der Waals surface area (Å²) in [5, 5.41) is 0. The van der Waals surface area contributed by atoms with E-state index in [1.165, 1.54) is 11.4 Å². The van der Waals surface area contributed by atoms with Gasteiger partial charge in [0.2, 0.25) is 0 Å². The molecule has 0 N–H and O–H groups in total. The third-order valence-corrected chi connectivity index (χ3v) is 2.84. The van der Waals surface area contributed by atoms with Gasteiger partial charge >= 0.3 is 0 Å². The van der Waals surface area contributed by atoms with Gasteiger partial charge in [-0.25, -0.2) is 0 Å². The molecule has 68 valence electrons. The van der Waals surface area contributed by atoms with Crippen LogP contribution in [0.1, 0.15) is 42.0 Å². The minimum absolute atomic E-state index is 0.597. The molecule has 0 aliphatic carbocycles. The number of hydrogen-bond donors (Lipinski definition) is 0. The van der Waals surface area contributed by atoms with Gasteiger partial charge in [0, 0.05) is 22.4 Å². The number of rotatable bonds is 2. The van der Waals surface area contributed by atoms with Gasteiger partial charge in [-0.05, 0) is 25.0 Å². The van der Waals surface area contributed by atoms with Crippen molar-refractivity contribution in [3.05, 3.63) is 23.5 Å². The fourth-order valence-electron chi connectivity index (χ4n) is 1.52. The van der Waals surface area contributed by atoms with Crippen LogP contribution in [0.15, 0.2) is 12.1 Å². The van der Waals surface area contributed by atoms with Gasteiger partial charge in [-0.15, -0.1) is 0 Å². The maximum Gasteiger partial charge on any atom is 0.0484 e. The first-order valence-electron chi connectivity index (χ1n) is 4.33. The lowest BCUT2D eigenvalue weighted by Crippen LogP contribution is -2.02. The fourth-order valence-corrected chi connectivity index (χ4v) is 2.15. The van der Waals surface area contributed by atoms with E-state index >= 15 is 0 Å². The van der Waals surface area contributed by atoms with Crippen molar-refractivity contribution in [2.75, 3.05) is 0 Å². The second-order valence-electron chi connectivity index (χ2n) is 3.51. The first-order chi connectivity index (χ1) is 5.54. The molecule has 1 rings (SSSR count). The molecule has 1 aromatic rings. The maximum atomic E-state index is 2.45. The Bertz CT molecular complexity index is 235. The molecule has 1 unspecified atom stereocenters. The van der Waals surface area contributed by atoms with Crippen LogP contribution in [-0.2, 0) is 7.05 Å². The first-order valence-corrected chi connectivity index (χ1v) is 5.58. The molecule has 0 amide bonds. The Morgan fingerprint density at radius 3 is 1.92 bits per heavy atom. The van der Waals surface area contributed by atoms with Gasteiger partial charge in [-0.1, -0.05) is 36.4 Å². The van der Waals surface area contributed by atoms with Crippen LogP contribution in [0.2, 0.25) is 0 Å². The molecular formula is C10H16IN. The Morgan fingerprint density at radius 1 is 1.17 bits per heavy atom. The molecule has 0 spiro atoms. The van der Waals surface area contributed by atoms with E-state index in [0.29, 0.717) is 9.84 Å². The predicted molar refractivity (Wildman–Crippen MR) is 61.9 cm³/mol. The van der Waals surface area contributed by atoms with Crippen LogP contribution in [0, 0.1) is 0 Å². The minimum Gasteiger partial charge on any atom is -0.350 e. The minimum atomic E-state index is 0.597. The Morgan fingerprint density at radius 2 is 1.67 bits per heavy atom. The lowest BCUT2D eigenvalue weighted by Gasteiger charge is -2.11. The molecule has 1 heterocycles. The van der Waals surface area contributed by atoms with E-state index in [0.717, 1.165) is 0 Å². The molecule has 0 aliphatic heterocycles. The van der Waals surface area contributed by atoms with E-state index in [-0.39, 0.29) is 0 Å². The molecule has 2 heteroatoms. The molecule has 0 saturated carbocycles. The molecule has 1 aromatic heterocycles. The SMILES string of the molecule is CC(C)c1ccc(C(C)I)n1C. The highest BCUT2D eigenvalue weighted by Gasteiger charge is 2.10. The normalized spacial score (nSPS) is 13.8. The Labute approximate surface area is 88.3 Å². The van der Waals surface area contributed by atoms with Crippen molar-refractivity contribution in [3.63, 3.8) is 0 Å². The molecular weight excluding hydrogens is 261 g/mol. The zero-order valence-corrected chi connectivity index (χ0v) is 10.3. The summed E-state index contributed by atoms with van der Waals surface area (Å²) in [5.74, 6) is 0.624. The summed E-state index contributed by atoms with van der Waals surface area (Å²) in [5.41, 5.74) is 2.84. The average Bonchev–Trinajstić information content (AvgIpc) is 2.30. The molecule has 0 saturated heterocycles. The molecule has 0 radical (unpaired) electrons. The number of halogens is 1. The van der Waals surface area contributed by atoms with Crippen LogP contribution in [-0.4, -0.2) is 4.57 Å². The van der Waals surface area contributed by atoms with E-state index in [1.807, 2.05) is 0 Å². The zero-order valence-electron chi connectivity index (χ0n) is 8.13. The summed E-state index contributed by atoms with van der Waals surface area (Å²) < 4.78 is 2.90. The standard InChI is InChI=1S/C10H16IN/c1-7(2)9-5-6-10(8(3)11)12(9)4/h5-8H,1-4H3. The fraction of sp³-hybridized carbons (Fsp3) is 0.600. The van der Waals surface area contributed by atoms with Gasteiger partial charge in [-0.3, -0.25) is 0 Å². The lowest BCUT2D eigenvalue weighted by atomic mass is 10.1. The lowest BCUT2D eigenvalue weighted by molar-refractivity contribution is 0.715. The van der Waals surface area contributed by atoms with Gasteiger partial charge in [0.15, 0.2) is 0 Å². The number of aromatic nitrogens is 1. The van der Waals surface area contributed by atoms with E-state index in [4.69, 9.17) is 0 Å². The highest BCUT2D eigenvalue weighted by atomic mass is 127. The second-order valence-corrected chi connectivity index (χ2v) is 5.38. The summed E-state index contributed by atoms with van der Waals surface area (Å²) in [6.45, 7) is 6.69. The van der Waals surface area contributed by atoms with Gasteiger partial charge in [-0.2, -0.15) is 0 Å². The summed E-state index contributed by atoms with van der Waals surface area (Å²) in [6.07, 6.45) is 0. The smallest absolute Gasteiger partial charge is 0.0484 e. The van der Waals surface area contributed by atoms with Crippen LogP contribution in [0.5, 0.6) is 0 Å². The summed E-state index contributed by atoms with van der Waals surface area (Å²) >= 11 is 2.45. The van der Waals surface area contributed by atoms with Gasteiger partial charge in [0.1, 0.15) is 0 Å². The van der Waals surface area contributed by atoms with E-state index in [1.54, 1.807) is 0 Å². The first kappa shape index (κ1) is 10.1. The van der Waals surface area contributed by atoms with Crippen LogP contribution in [0.3, 0.4) is 0 Å². The third-order valence-electron chi connectivity index (χ3n) is 2.20. The molecule has 1 nitrogen and oxygen atoms in total. The van der Waals surface area contributed by atoms with Crippen molar-refractivity contribution in [1.29, 1.82) is 0 Å². The van der Waals surface area contributed by atoms with Crippen molar-refractivity contribution >= 4 is 22.6 Å². The van der Waals surface area contributed by atoms with E-state index in [9.17, 15) is 0 Å². The number of nitrogens with zero attached hydrogens (tertiary/aromatic N) is 1. The molecule has 0 bridgehead atoms. The zero-order chi connectivity index (χ0) is 9.30. The molecule has 0 aromatic carbocycles. The van der Waals surface area contributed by atoms with E-state index < -0.39 is 0 Å². The number of alkyl halides is 1. The Hall–Kier alpha value is 0.01000. The highest BCUT2D eigenvalue weighted by Crippen LogP contribution is 2.26. The Kier molecular flexibility index (Phi) is 3.21. The molecule has 0 fully saturated rings.